The third-order valence-corrected chi connectivity index (χ3v) is 4.66. The first-order valence-electron chi connectivity index (χ1n) is 7.24. The van der Waals surface area contributed by atoms with Crippen molar-refractivity contribution in [2.75, 3.05) is 23.9 Å². The Morgan fingerprint density at radius 1 is 1.50 bits per heavy atom. The maximum atomic E-state index is 12.6. The van der Waals surface area contributed by atoms with Gasteiger partial charge in [-0.05, 0) is 30.0 Å². The molecule has 2 aromatic rings. The van der Waals surface area contributed by atoms with Gasteiger partial charge in [0, 0.05) is 6.54 Å². The second kappa shape index (κ2) is 6.68. The van der Waals surface area contributed by atoms with E-state index in [1.165, 1.54) is 24.6 Å². The number of carbonyl (C=O) groups is 2. The molecule has 1 aliphatic rings. The Bertz CT molecular complexity index is 809. The number of pyridine rings is 1. The molecular formula is C16H14N4O3S. The fraction of sp³-hybridized carbons (Fsp3) is 0.250. The van der Waals surface area contributed by atoms with Crippen molar-refractivity contribution < 1.29 is 14.3 Å². The molecule has 0 bridgehead atoms. The third kappa shape index (κ3) is 2.94. The summed E-state index contributed by atoms with van der Waals surface area (Å²) in [5.41, 5.74) is 1.39. The van der Waals surface area contributed by atoms with Gasteiger partial charge < -0.3 is 15.0 Å². The van der Waals surface area contributed by atoms with Gasteiger partial charge in [0.25, 0.3) is 0 Å². The van der Waals surface area contributed by atoms with Gasteiger partial charge in [-0.1, -0.05) is 0 Å². The first-order valence-corrected chi connectivity index (χ1v) is 8.12. The zero-order valence-electron chi connectivity index (χ0n) is 12.9. The van der Waals surface area contributed by atoms with Crippen LogP contribution in [-0.4, -0.2) is 36.6 Å². The molecule has 1 fully saturated rings. The van der Waals surface area contributed by atoms with Gasteiger partial charge in [0.1, 0.15) is 22.8 Å². The van der Waals surface area contributed by atoms with E-state index in [1.807, 2.05) is 6.07 Å². The molecule has 1 N–H and O–H groups in total. The second-order valence-electron chi connectivity index (χ2n) is 5.15. The number of ether oxygens (including phenoxy) is 1. The lowest BCUT2D eigenvalue weighted by atomic mass is 10.2. The monoisotopic (exact) mass is 342 g/mol. The van der Waals surface area contributed by atoms with Crippen molar-refractivity contribution in [3.05, 3.63) is 41.0 Å². The lowest BCUT2D eigenvalue weighted by Crippen LogP contribution is -2.33. The topological polar surface area (TPSA) is 95.3 Å². The number of hydrogen-bond acceptors (Lipinski definition) is 7. The Kier molecular flexibility index (Phi) is 4.44. The van der Waals surface area contributed by atoms with Gasteiger partial charge in [-0.2, -0.15) is 5.26 Å². The lowest BCUT2D eigenvalue weighted by Gasteiger charge is -2.17. The summed E-state index contributed by atoms with van der Waals surface area (Å²) in [4.78, 5) is 30.0. The van der Waals surface area contributed by atoms with Crippen LogP contribution < -0.4 is 10.2 Å². The van der Waals surface area contributed by atoms with E-state index < -0.39 is 12.0 Å². The molecule has 1 amide bonds. The van der Waals surface area contributed by atoms with Crippen molar-refractivity contribution >= 4 is 33.9 Å². The minimum Gasteiger partial charge on any atom is -0.465 e. The predicted octanol–water partition coefficient (Wildman–Crippen LogP) is 2.02. The fourth-order valence-corrected chi connectivity index (χ4v) is 3.46. The molecule has 24 heavy (non-hydrogen) atoms. The van der Waals surface area contributed by atoms with Crippen LogP contribution in [0.15, 0.2) is 29.8 Å². The smallest absolute Gasteiger partial charge is 0.340 e. The van der Waals surface area contributed by atoms with Crippen LogP contribution >= 0.6 is 11.3 Å². The van der Waals surface area contributed by atoms with Gasteiger partial charge in [0.15, 0.2) is 0 Å². The Balaban J connectivity index is 1.74. The van der Waals surface area contributed by atoms with Crippen molar-refractivity contribution in [1.29, 1.82) is 5.26 Å². The van der Waals surface area contributed by atoms with E-state index >= 15 is 0 Å². The number of anilines is 2. The second-order valence-corrected chi connectivity index (χ2v) is 6.04. The maximum Gasteiger partial charge on any atom is 0.340 e. The van der Waals surface area contributed by atoms with Crippen LogP contribution in [0, 0.1) is 11.3 Å². The fourth-order valence-electron chi connectivity index (χ4n) is 2.54. The summed E-state index contributed by atoms with van der Waals surface area (Å²) in [5.74, 6) is -0.557. The minimum atomic E-state index is -0.452. The van der Waals surface area contributed by atoms with Gasteiger partial charge in [-0.25, -0.2) is 9.78 Å². The number of methoxy groups -OCH3 is 1. The molecular weight excluding hydrogens is 328 g/mol. The Morgan fingerprint density at radius 3 is 3.00 bits per heavy atom. The highest BCUT2D eigenvalue weighted by molar-refractivity contribution is 7.14. The van der Waals surface area contributed by atoms with Crippen LogP contribution in [0.2, 0.25) is 0 Å². The van der Waals surface area contributed by atoms with Crippen molar-refractivity contribution in [2.24, 2.45) is 0 Å². The summed E-state index contributed by atoms with van der Waals surface area (Å²) in [6.45, 7) is 0.519. The molecule has 2 aromatic heterocycles. The molecule has 0 saturated carbocycles. The summed E-state index contributed by atoms with van der Waals surface area (Å²) in [6, 6.07) is 6.52. The van der Waals surface area contributed by atoms with Crippen LogP contribution in [0.4, 0.5) is 10.7 Å². The van der Waals surface area contributed by atoms with Crippen molar-refractivity contribution in [3.8, 4) is 6.07 Å². The van der Waals surface area contributed by atoms with Gasteiger partial charge in [0.2, 0.25) is 5.91 Å². The van der Waals surface area contributed by atoms with Crippen LogP contribution in [0.1, 0.15) is 22.5 Å². The normalized spacial score (nSPS) is 16.8. The Labute approximate surface area is 142 Å². The molecule has 1 atom stereocenters. The van der Waals surface area contributed by atoms with Crippen LogP contribution in [0.3, 0.4) is 0 Å². The number of nitriles is 1. The number of hydrogen-bond donors (Lipinski definition) is 1. The number of aromatic nitrogens is 1. The summed E-state index contributed by atoms with van der Waals surface area (Å²) >= 11 is 1.34. The number of esters is 1. The average molecular weight is 342 g/mol. The first-order chi connectivity index (χ1) is 11.6. The molecule has 3 heterocycles. The number of nitrogens with zero attached hydrogens (tertiary/aromatic N) is 3. The highest BCUT2D eigenvalue weighted by atomic mass is 32.1. The number of rotatable bonds is 4. The van der Waals surface area contributed by atoms with Gasteiger partial charge in [-0.15, -0.1) is 11.3 Å². The molecule has 0 spiro atoms. The van der Waals surface area contributed by atoms with Crippen molar-refractivity contribution in [2.45, 2.75) is 12.5 Å². The summed E-state index contributed by atoms with van der Waals surface area (Å²) in [5, 5.41) is 14.2. The summed E-state index contributed by atoms with van der Waals surface area (Å²) < 4.78 is 4.75. The number of thiophene rings is 1. The summed E-state index contributed by atoms with van der Waals surface area (Å²) in [6.07, 6.45) is 2.14. The number of amides is 1. The summed E-state index contributed by atoms with van der Waals surface area (Å²) in [7, 11) is 1.32. The maximum absolute atomic E-state index is 12.6. The molecule has 0 aromatic carbocycles. The van der Waals surface area contributed by atoms with E-state index in [9.17, 15) is 9.59 Å². The first kappa shape index (κ1) is 16.0. The van der Waals surface area contributed by atoms with E-state index in [4.69, 9.17) is 10.00 Å². The Morgan fingerprint density at radius 2 is 2.33 bits per heavy atom. The molecule has 122 valence electrons. The molecule has 8 heteroatoms. The lowest BCUT2D eigenvalue weighted by molar-refractivity contribution is -0.117. The van der Waals surface area contributed by atoms with Gasteiger partial charge in [0.05, 0.1) is 24.6 Å². The van der Waals surface area contributed by atoms with E-state index in [1.54, 1.807) is 28.5 Å². The quantitative estimate of drug-likeness (QED) is 0.854. The third-order valence-electron chi connectivity index (χ3n) is 3.72. The zero-order valence-corrected chi connectivity index (χ0v) is 13.7. The number of nitrogens with one attached hydrogen (secondary N) is 1. The minimum absolute atomic E-state index is 0.105. The van der Waals surface area contributed by atoms with Crippen molar-refractivity contribution in [3.63, 3.8) is 0 Å². The van der Waals surface area contributed by atoms with E-state index in [-0.39, 0.29) is 5.91 Å². The van der Waals surface area contributed by atoms with Crippen LogP contribution in [0.25, 0.3) is 0 Å². The van der Waals surface area contributed by atoms with Crippen LogP contribution in [-0.2, 0) is 9.53 Å². The van der Waals surface area contributed by atoms with E-state index in [0.29, 0.717) is 34.9 Å². The largest absolute Gasteiger partial charge is 0.465 e. The van der Waals surface area contributed by atoms with Gasteiger partial charge >= 0.3 is 5.97 Å². The molecule has 7 nitrogen and oxygen atoms in total. The predicted molar refractivity (Wildman–Crippen MR) is 89.0 cm³/mol. The van der Waals surface area contributed by atoms with E-state index in [2.05, 4.69) is 10.3 Å². The zero-order chi connectivity index (χ0) is 17.1. The molecule has 0 radical (unpaired) electrons. The Hall–Kier alpha value is -2.92. The molecule has 1 unspecified atom stereocenters. The molecule has 1 aliphatic heterocycles. The van der Waals surface area contributed by atoms with Gasteiger partial charge in [-0.3, -0.25) is 4.79 Å². The average Bonchev–Trinajstić information content (AvgIpc) is 3.22. The molecule has 1 saturated heterocycles. The number of carbonyl (C=O) groups excluding carboxylic acids is 2. The highest BCUT2D eigenvalue weighted by Crippen LogP contribution is 2.32. The van der Waals surface area contributed by atoms with Crippen LogP contribution in [0.5, 0.6) is 0 Å². The van der Waals surface area contributed by atoms with E-state index in [0.717, 1.165) is 0 Å². The molecule has 3 rings (SSSR count). The standard InChI is InChI=1S/C16H14N4O3S/c1-23-16(22)12-5-7-24-15(12)20-6-4-13(14(20)21)19-11-3-2-10(8-17)18-9-11/h2-3,5,7,9,13,19H,4,6H2,1H3. The molecule has 0 aliphatic carbocycles. The SMILES string of the molecule is COC(=O)c1ccsc1N1CCC(Nc2ccc(C#N)nc2)C1=O. The van der Waals surface area contributed by atoms with Crippen molar-refractivity contribution in [1.82, 2.24) is 4.98 Å². The highest BCUT2D eigenvalue weighted by Gasteiger charge is 2.35.